The number of carbonyl (C=O) groups is 2. The van der Waals surface area contributed by atoms with Crippen LogP contribution in [0.15, 0.2) is 39.5 Å². The third-order valence-corrected chi connectivity index (χ3v) is 2.90. The molecule has 9 nitrogen and oxygen atoms in total. The largest absolute Gasteiger partial charge is 0.454 e. The Morgan fingerprint density at radius 1 is 1.29 bits per heavy atom. The Kier molecular flexibility index (Phi) is 6.26. The maximum atomic E-state index is 11.7. The first-order chi connectivity index (χ1) is 11.6. The molecule has 2 rings (SSSR count). The highest BCUT2D eigenvalue weighted by Gasteiger charge is 2.14. The highest BCUT2D eigenvalue weighted by atomic mass is 16.5. The summed E-state index contributed by atoms with van der Waals surface area (Å²) in [7, 11) is 1.51. The molecule has 1 amide bonds. The summed E-state index contributed by atoms with van der Waals surface area (Å²) in [4.78, 5) is 34.8. The van der Waals surface area contributed by atoms with Crippen molar-refractivity contribution in [2.24, 2.45) is 0 Å². The molecule has 1 heterocycles. The quantitative estimate of drug-likeness (QED) is 0.525. The lowest BCUT2D eigenvalue weighted by Crippen LogP contribution is -2.32. The van der Waals surface area contributed by atoms with E-state index in [0.717, 1.165) is 4.68 Å². The van der Waals surface area contributed by atoms with Crippen molar-refractivity contribution >= 4 is 11.9 Å². The first-order valence-electron chi connectivity index (χ1n) is 7.15. The van der Waals surface area contributed by atoms with Crippen molar-refractivity contribution in [1.82, 2.24) is 15.1 Å². The molecule has 1 N–H and O–H groups in total. The van der Waals surface area contributed by atoms with Gasteiger partial charge in [0.05, 0.1) is 6.61 Å². The van der Waals surface area contributed by atoms with E-state index in [-0.39, 0.29) is 5.89 Å². The Labute approximate surface area is 137 Å². The number of amides is 1. The summed E-state index contributed by atoms with van der Waals surface area (Å²) in [5, 5.41) is 6.42. The van der Waals surface area contributed by atoms with E-state index >= 15 is 0 Å². The van der Waals surface area contributed by atoms with Crippen molar-refractivity contribution in [2.45, 2.75) is 6.54 Å². The highest BCUT2D eigenvalue weighted by Crippen LogP contribution is 2.13. The summed E-state index contributed by atoms with van der Waals surface area (Å²) < 4.78 is 15.4. The van der Waals surface area contributed by atoms with Crippen LogP contribution >= 0.6 is 0 Å². The smallest absolute Gasteiger partial charge is 0.437 e. The SMILES string of the molecule is COCCNC(=O)COC(=O)Cn1nc(-c2ccccc2)oc1=O. The van der Waals surface area contributed by atoms with Gasteiger partial charge in [0.15, 0.2) is 6.61 Å². The molecule has 2 aromatic rings. The van der Waals surface area contributed by atoms with Gasteiger partial charge in [-0.1, -0.05) is 18.2 Å². The topological polar surface area (TPSA) is 113 Å². The fourth-order valence-corrected chi connectivity index (χ4v) is 1.76. The van der Waals surface area contributed by atoms with E-state index in [1.54, 1.807) is 24.3 Å². The summed E-state index contributed by atoms with van der Waals surface area (Å²) >= 11 is 0. The number of nitrogens with one attached hydrogen (secondary N) is 1. The molecule has 9 heteroatoms. The Bertz CT molecular complexity index is 737. The average Bonchev–Trinajstić information content (AvgIpc) is 2.95. The van der Waals surface area contributed by atoms with Gasteiger partial charge in [-0.3, -0.25) is 9.59 Å². The van der Waals surface area contributed by atoms with E-state index in [0.29, 0.717) is 18.7 Å². The molecule has 0 fully saturated rings. The van der Waals surface area contributed by atoms with Crippen molar-refractivity contribution in [3.8, 4) is 11.5 Å². The summed E-state index contributed by atoms with van der Waals surface area (Å²) in [5.41, 5.74) is 0.610. The number of methoxy groups -OCH3 is 1. The lowest BCUT2D eigenvalue weighted by Gasteiger charge is -2.05. The van der Waals surface area contributed by atoms with Gasteiger partial charge < -0.3 is 19.2 Å². The molecule has 1 aromatic heterocycles. The average molecular weight is 335 g/mol. The van der Waals surface area contributed by atoms with Gasteiger partial charge in [0.25, 0.3) is 5.91 Å². The van der Waals surface area contributed by atoms with Crippen molar-refractivity contribution in [3.63, 3.8) is 0 Å². The van der Waals surface area contributed by atoms with Gasteiger partial charge in [0.2, 0.25) is 5.89 Å². The van der Waals surface area contributed by atoms with E-state index in [1.165, 1.54) is 7.11 Å². The Morgan fingerprint density at radius 3 is 2.75 bits per heavy atom. The van der Waals surface area contributed by atoms with Crippen molar-refractivity contribution in [1.29, 1.82) is 0 Å². The lowest BCUT2D eigenvalue weighted by atomic mass is 10.2. The molecular weight excluding hydrogens is 318 g/mol. The van der Waals surface area contributed by atoms with Gasteiger partial charge in [-0.2, -0.15) is 4.68 Å². The maximum Gasteiger partial charge on any atom is 0.437 e. The maximum absolute atomic E-state index is 11.7. The number of hydrogen-bond donors (Lipinski definition) is 1. The Hall–Kier alpha value is -2.94. The molecule has 0 aliphatic carbocycles. The second-order valence-corrected chi connectivity index (χ2v) is 4.70. The van der Waals surface area contributed by atoms with Crippen molar-refractivity contribution < 1.29 is 23.5 Å². The Morgan fingerprint density at radius 2 is 2.04 bits per heavy atom. The first kappa shape index (κ1) is 17.4. The molecule has 24 heavy (non-hydrogen) atoms. The van der Waals surface area contributed by atoms with E-state index < -0.39 is 30.8 Å². The zero-order valence-electron chi connectivity index (χ0n) is 13.1. The van der Waals surface area contributed by atoms with Gasteiger partial charge >= 0.3 is 11.7 Å². The molecule has 0 aliphatic rings. The molecule has 0 saturated carbocycles. The monoisotopic (exact) mass is 335 g/mol. The zero-order chi connectivity index (χ0) is 17.4. The van der Waals surface area contributed by atoms with Crippen LogP contribution in [0.25, 0.3) is 11.5 Å². The minimum Gasteiger partial charge on any atom is -0.454 e. The number of hydrogen-bond acceptors (Lipinski definition) is 7. The molecular formula is C15H17N3O6. The second kappa shape index (κ2) is 8.63. The summed E-state index contributed by atoms with van der Waals surface area (Å²) in [5.74, 6) is -1.91. The Balaban J connectivity index is 1.87. The number of aromatic nitrogens is 2. The molecule has 0 aliphatic heterocycles. The molecule has 0 unspecified atom stereocenters. The number of carbonyl (C=O) groups excluding carboxylic acids is 2. The van der Waals surface area contributed by atoms with Gasteiger partial charge in [-0.05, 0) is 12.1 Å². The van der Waals surface area contributed by atoms with Crippen LogP contribution in [0.5, 0.6) is 0 Å². The summed E-state index contributed by atoms with van der Waals surface area (Å²) in [6.07, 6.45) is 0. The van der Waals surface area contributed by atoms with Crippen LogP contribution in [0, 0.1) is 0 Å². The third-order valence-electron chi connectivity index (χ3n) is 2.90. The summed E-state index contributed by atoms with van der Waals surface area (Å²) in [6, 6.07) is 8.79. The van der Waals surface area contributed by atoms with Crippen molar-refractivity contribution in [2.75, 3.05) is 26.9 Å². The first-order valence-corrected chi connectivity index (χ1v) is 7.15. The van der Waals surface area contributed by atoms with Gasteiger partial charge in [-0.25, -0.2) is 4.79 Å². The minimum atomic E-state index is -0.782. The third kappa shape index (κ3) is 5.06. The molecule has 128 valence electrons. The van der Waals surface area contributed by atoms with E-state index in [1.807, 2.05) is 6.07 Å². The van der Waals surface area contributed by atoms with Crippen LogP contribution in [-0.2, 0) is 25.6 Å². The lowest BCUT2D eigenvalue weighted by molar-refractivity contribution is -0.149. The van der Waals surface area contributed by atoms with Gasteiger partial charge in [-0.15, -0.1) is 5.10 Å². The van der Waals surface area contributed by atoms with Crippen LogP contribution in [0.4, 0.5) is 0 Å². The zero-order valence-corrected chi connectivity index (χ0v) is 13.1. The van der Waals surface area contributed by atoms with Crippen molar-refractivity contribution in [3.05, 3.63) is 40.9 Å². The fourth-order valence-electron chi connectivity index (χ4n) is 1.76. The van der Waals surface area contributed by atoms with E-state index in [2.05, 4.69) is 10.4 Å². The predicted molar refractivity (Wildman–Crippen MR) is 82.0 cm³/mol. The number of rotatable bonds is 8. The summed E-state index contributed by atoms with van der Waals surface area (Å²) in [6.45, 7) is -0.215. The van der Waals surface area contributed by atoms with Crippen LogP contribution < -0.4 is 11.1 Å². The van der Waals surface area contributed by atoms with E-state index in [9.17, 15) is 14.4 Å². The van der Waals surface area contributed by atoms with Gasteiger partial charge in [0, 0.05) is 19.2 Å². The molecule has 0 atom stereocenters. The molecule has 0 saturated heterocycles. The number of nitrogens with zero attached hydrogens (tertiary/aromatic N) is 2. The van der Waals surface area contributed by atoms with E-state index in [4.69, 9.17) is 13.9 Å². The molecule has 0 bridgehead atoms. The number of benzene rings is 1. The minimum absolute atomic E-state index is 0.103. The molecule has 0 spiro atoms. The fraction of sp³-hybridized carbons (Fsp3) is 0.333. The standard InChI is InChI=1S/C15H17N3O6/c1-22-8-7-16-12(19)10-23-13(20)9-18-15(21)24-14(17-18)11-5-3-2-4-6-11/h2-6H,7-10H2,1H3,(H,16,19). The number of ether oxygens (including phenoxy) is 2. The second-order valence-electron chi connectivity index (χ2n) is 4.70. The van der Waals surface area contributed by atoms with Crippen LogP contribution in [0.3, 0.4) is 0 Å². The number of esters is 1. The van der Waals surface area contributed by atoms with Crippen LogP contribution in [0.1, 0.15) is 0 Å². The molecule has 0 radical (unpaired) electrons. The highest BCUT2D eigenvalue weighted by molar-refractivity contribution is 5.80. The normalized spacial score (nSPS) is 10.4. The van der Waals surface area contributed by atoms with Crippen LogP contribution in [-0.4, -0.2) is 48.5 Å². The molecule has 1 aromatic carbocycles. The van der Waals surface area contributed by atoms with Gasteiger partial charge in [0.1, 0.15) is 6.54 Å². The predicted octanol–water partition coefficient (Wildman–Crippen LogP) is -0.191. The van der Waals surface area contributed by atoms with Crippen LogP contribution in [0.2, 0.25) is 0 Å².